The fraction of sp³-hybridized carbons (Fsp3) is 0.600. The summed E-state index contributed by atoms with van der Waals surface area (Å²) in [6, 6.07) is 0. The molecule has 0 saturated heterocycles. The molecule has 0 aromatic carbocycles. The van der Waals surface area contributed by atoms with E-state index in [2.05, 4.69) is 10.8 Å². The van der Waals surface area contributed by atoms with Gasteiger partial charge >= 0.3 is 11.4 Å². The van der Waals surface area contributed by atoms with Crippen LogP contribution in [0, 0.1) is 0 Å². The Kier molecular flexibility index (Phi) is 6.73. The van der Waals surface area contributed by atoms with Crippen molar-refractivity contribution in [3.8, 4) is 0 Å². The number of hydrogen-bond donors (Lipinski definition) is 1. The summed E-state index contributed by atoms with van der Waals surface area (Å²) >= 11 is -2.18. The second kappa shape index (κ2) is 6.88. The van der Waals surface area contributed by atoms with Crippen molar-refractivity contribution in [2.24, 2.45) is 0 Å². The zero-order valence-electron chi connectivity index (χ0n) is 5.49. The van der Waals surface area contributed by atoms with Crippen LogP contribution in [0.2, 0.25) is 0 Å². The molecule has 0 aromatic heterocycles. The molecule has 0 fully saturated rings. The molecule has 1 unspecified atom stereocenters. The smallest absolute Gasteiger partial charge is 0.301 e. The Bertz CT molecular complexity index is 114. The van der Waals surface area contributed by atoms with E-state index in [0.717, 1.165) is 0 Å². The van der Waals surface area contributed by atoms with Crippen LogP contribution in [0.5, 0.6) is 0 Å². The molecule has 1 N–H and O–H groups in total. The molecule has 10 heavy (non-hydrogen) atoms. The maximum Gasteiger partial charge on any atom is 0.301 e. The molecule has 0 aliphatic rings. The average Bonchev–Trinajstić information content (AvgIpc) is 1.87. The number of ether oxygens (including phenoxy) is 1. The molecule has 4 nitrogen and oxygen atoms in total. The number of rotatable bonds is 6. The zero-order valence-corrected chi connectivity index (χ0v) is 6.30. The van der Waals surface area contributed by atoms with Gasteiger partial charge in [0.15, 0.2) is 0 Å². The van der Waals surface area contributed by atoms with Gasteiger partial charge in [-0.25, -0.2) is 0 Å². The van der Waals surface area contributed by atoms with E-state index in [1.165, 1.54) is 0 Å². The Morgan fingerprint density at radius 1 is 1.60 bits per heavy atom. The Morgan fingerprint density at radius 3 is 2.80 bits per heavy atom. The topological polar surface area (TPSA) is 55.8 Å². The first-order valence-corrected chi connectivity index (χ1v) is 3.73. The predicted molar refractivity (Wildman–Crippen MR) is 37.7 cm³/mol. The lowest BCUT2D eigenvalue weighted by Gasteiger charge is -1.98. The molecule has 0 saturated carbocycles. The van der Waals surface area contributed by atoms with Crippen molar-refractivity contribution >= 4 is 11.4 Å². The Labute approximate surface area is 62.3 Å². The van der Waals surface area contributed by atoms with Crippen LogP contribution in [0.3, 0.4) is 0 Å². The van der Waals surface area contributed by atoms with Gasteiger partial charge in [0.1, 0.15) is 0 Å². The van der Waals surface area contributed by atoms with Gasteiger partial charge in [0.25, 0.3) is 0 Å². The fourth-order valence-corrected chi connectivity index (χ4v) is 0.542. The van der Waals surface area contributed by atoms with Crippen LogP contribution in [0.1, 0.15) is 0 Å². The van der Waals surface area contributed by atoms with Crippen molar-refractivity contribution in [2.45, 2.75) is 0 Å². The van der Waals surface area contributed by atoms with E-state index in [4.69, 9.17) is 9.29 Å². The molecule has 0 aliphatic heterocycles. The highest BCUT2D eigenvalue weighted by Gasteiger charge is 1.91. The summed E-state index contributed by atoms with van der Waals surface area (Å²) in [4.78, 5) is 0. The van der Waals surface area contributed by atoms with Crippen molar-refractivity contribution in [1.82, 2.24) is 0 Å². The summed E-state index contributed by atoms with van der Waals surface area (Å²) in [5.74, 6) is 0. The Hall–Kier alpha value is -0.230. The third-order valence-electron chi connectivity index (χ3n) is 0.648. The molecule has 0 spiro atoms. The molecular formula is C5H10O4S. The van der Waals surface area contributed by atoms with Crippen molar-refractivity contribution < 1.29 is 17.7 Å². The minimum absolute atomic E-state index is 0.122. The molecule has 0 radical (unpaired) electrons. The van der Waals surface area contributed by atoms with Crippen molar-refractivity contribution in [2.75, 3.05) is 19.8 Å². The molecule has 60 valence electrons. The first kappa shape index (κ1) is 9.77. The Balaban J connectivity index is 2.90. The second-order valence-corrected chi connectivity index (χ2v) is 2.07. The molecule has 0 rings (SSSR count). The standard InChI is InChI=1S/C5H10O4S/c1-2-3-8-4-5-9-10(6)7/h2H,1,3-5H2,(H,6,7). The molecule has 0 amide bonds. The van der Waals surface area contributed by atoms with E-state index in [9.17, 15) is 4.21 Å². The van der Waals surface area contributed by atoms with Gasteiger partial charge < -0.3 is 4.74 Å². The van der Waals surface area contributed by atoms with Gasteiger partial charge in [-0.2, -0.15) is 4.21 Å². The minimum Gasteiger partial charge on any atom is -0.375 e. The van der Waals surface area contributed by atoms with E-state index in [0.29, 0.717) is 13.2 Å². The zero-order chi connectivity index (χ0) is 7.82. The van der Waals surface area contributed by atoms with E-state index >= 15 is 0 Å². The number of hydrogen-bond acceptors (Lipinski definition) is 3. The van der Waals surface area contributed by atoms with Gasteiger partial charge in [-0.1, -0.05) is 6.08 Å². The summed E-state index contributed by atoms with van der Waals surface area (Å²) in [6.07, 6.45) is 1.59. The molecule has 0 bridgehead atoms. The molecular weight excluding hydrogens is 156 g/mol. The highest BCUT2D eigenvalue weighted by atomic mass is 32.2. The normalized spacial score (nSPS) is 12.9. The highest BCUT2D eigenvalue weighted by Crippen LogP contribution is 1.80. The summed E-state index contributed by atoms with van der Waals surface area (Å²) in [5, 5.41) is 0. The Morgan fingerprint density at radius 2 is 2.30 bits per heavy atom. The van der Waals surface area contributed by atoms with Gasteiger partial charge in [-0.15, -0.1) is 6.58 Å². The van der Waals surface area contributed by atoms with Crippen molar-refractivity contribution in [1.29, 1.82) is 0 Å². The maximum absolute atomic E-state index is 9.85. The molecule has 0 aliphatic carbocycles. The largest absolute Gasteiger partial charge is 0.375 e. The second-order valence-electron chi connectivity index (χ2n) is 1.40. The summed E-state index contributed by atoms with van der Waals surface area (Å²) in [7, 11) is 0. The van der Waals surface area contributed by atoms with Crippen LogP contribution in [0.4, 0.5) is 0 Å². The quantitative estimate of drug-likeness (QED) is 0.351. The van der Waals surface area contributed by atoms with Gasteiger partial charge in [0.05, 0.1) is 19.8 Å². The molecule has 0 heterocycles. The monoisotopic (exact) mass is 166 g/mol. The SMILES string of the molecule is C=CCOCCOS(=O)O. The van der Waals surface area contributed by atoms with E-state index < -0.39 is 11.4 Å². The van der Waals surface area contributed by atoms with Gasteiger partial charge in [0.2, 0.25) is 0 Å². The predicted octanol–water partition coefficient (Wildman–Crippen LogP) is 0.342. The third-order valence-corrected chi connectivity index (χ3v) is 1.02. The maximum atomic E-state index is 9.85. The van der Waals surface area contributed by atoms with Crippen molar-refractivity contribution in [3.05, 3.63) is 12.7 Å². The first-order valence-electron chi connectivity index (χ1n) is 2.70. The van der Waals surface area contributed by atoms with Crippen LogP contribution in [-0.4, -0.2) is 28.6 Å². The molecule has 1 atom stereocenters. The van der Waals surface area contributed by atoms with Crippen molar-refractivity contribution in [3.63, 3.8) is 0 Å². The van der Waals surface area contributed by atoms with Gasteiger partial charge in [-0.3, -0.25) is 8.74 Å². The summed E-state index contributed by atoms with van der Waals surface area (Å²) < 4.78 is 27.0. The average molecular weight is 166 g/mol. The van der Waals surface area contributed by atoms with Crippen LogP contribution in [0.25, 0.3) is 0 Å². The first-order chi connectivity index (χ1) is 4.77. The van der Waals surface area contributed by atoms with Gasteiger partial charge in [0, 0.05) is 0 Å². The van der Waals surface area contributed by atoms with Crippen LogP contribution in [-0.2, 0) is 20.3 Å². The van der Waals surface area contributed by atoms with Gasteiger partial charge in [-0.05, 0) is 0 Å². The van der Waals surface area contributed by atoms with E-state index in [1.54, 1.807) is 6.08 Å². The van der Waals surface area contributed by atoms with Crippen LogP contribution < -0.4 is 0 Å². The minimum atomic E-state index is -2.18. The summed E-state index contributed by atoms with van der Waals surface area (Å²) in [5.41, 5.74) is 0. The van der Waals surface area contributed by atoms with E-state index in [-0.39, 0.29) is 6.61 Å². The van der Waals surface area contributed by atoms with Crippen LogP contribution >= 0.6 is 0 Å². The molecule has 0 aromatic rings. The summed E-state index contributed by atoms with van der Waals surface area (Å²) in [6.45, 7) is 4.28. The lowest BCUT2D eigenvalue weighted by atomic mass is 10.7. The lowest BCUT2D eigenvalue weighted by molar-refractivity contribution is 0.122. The lowest BCUT2D eigenvalue weighted by Crippen LogP contribution is -2.05. The van der Waals surface area contributed by atoms with E-state index in [1.807, 2.05) is 0 Å². The van der Waals surface area contributed by atoms with Crippen LogP contribution in [0.15, 0.2) is 12.7 Å². The fourth-order valence-electron chi connectivity index (χ4n) is 0.331. The highest BCUT2D eigenvalue weighted by molar-refractivity contribution is 7.74. The molecule has 5 heteroatoms. The third kappa shape index (κ3) is 7.77.